The minimum atomic E-state index is -3.63. The first-order chi connectivity index (χ1) is 9.41. The molecule has 0 unspecified atom stereocenters. The van der Waals surface area contributed by atoms with Gasteiger partial charge in [0.1, 0.15) is 6.54 Å². The van der Waals surface area contributed by atoms with E-state index in [-0.39, 0.29) is 19.7 Å². The van der Waals surface area contributed by atoms with Crippen LogP contribution in [0.4, 0.5) is 0 Å². The molecule has 7 heteroatoms. The van der Waals surface area contributed by atoms with Gasteiger partial charge < -0.3 is 4.74 Å². The number of piperidine rings is 1. The molecular formula is C13H24N2O4S. The zero-order valence-corrected chi connectivity index (χ0v) is 13.1. The Kier molecular flexibility index (Phi) is 6.64. The van der Waals surface area contributed by atoms with Crippen molar-refractivity contribution in [1.82, 2.24) is 8.61 Å². The van der Waals surface area contributed by atoms with Gasteiger partial charge in [0.05, 0.1) is 6.61 Å². The second-order valence-electron chi connectivity index (χ2n) is 4.98. The van der Waals surface area contributed by atoms with Gasteiger partial charge >= 0.3 is 5.97 Å². The van der Waals surface area contributed by atoms with Gasteiger partial charge in [-0.25, -0.2) is 0 Å². The molecule has 6 nitrogen and oxygen atoms in total. The van der Waals surface area contributed by atoms with Crippen LogP contribution in [0.1, 0.15) is 26.7 Å². The van der Waals surface area contributed by atoms with Crippen LogP contribution in [-0.2, 0) is 19.7 Å². The summed E-state index contributed by atoms with van der Waals surface area (Å²) in [4.78, 5) is 11.5. The summed E-state index contributed by atoms with van der Waals surface area (Å²) >= 11 is 0. The Balaban J connectivity index is 2.77. The molecule has 0 radical (unpaired) electrons. The number of rotatable bonds is 7. The van der Waals surface area contributed by atoms with E-state index in [1.165, 1.54) is 10.4 Å². The number of carbonyl (C=O) groups excluding carboxylic acids is 1. The molecule has 1 heterocycles. The predicted molar refractivity (Wildman–Crippen MR) is 77.3 cm³/mol. The average molecular weight is 304 g/mol. The second kappa shape index (κ2) is 7.75. The molecule has 1 aliphatic rings. The van der Waals surface area contributed by atoms with Gasteiger partial charge in [0.25, 0.3) is 10.2 Å². The maximum Gasteiger partial charge on any atom is 0.321 e. The summed E-state index contributed by atoms with van der Waals surface area (Å²) in [5.41, 5.74) is 0. The van der Waals surface area contributed by atoms with Crippen LogP contribution in [0.15, 0.2) is 12.7 Å². The number of esters is 1. The van der Waals surface area contributed by atoms with E-state index < -0.39 is 16.2 Å². The third-order valence-electron chi connectivity index (χ3n) is 3.34. The van der Waals surface area contributed by atoms with Gasteiger partial charge in [-0.05, 0) is 25.7 Å². The molecule has 0 amide bonds. The van der Waals surface area contributed by atoms with E-state index in [1.807, 2.05) is 0 Å². The van der Waals surface area contributed by atoms with Crippen LogP contribution in [0.3, 0.4) is 0 Å². The zero-order valence-electron chi connectivity index (χ0n) is 12.2. The standard InChI is InChI=1S/C13H24N2O4S/c1-4-8-15(11-13(16)19-5-2)20(17,18)14-9-6-12(3)7-10-14/h4,12H,1,5-11H2,2-3H3. The van der Waals surface area contributed by atoms with Crippen molar-refractivity contribution in [3.63, 3.8) is 0 Å². The minimum Gasteiger partial charge on any atom is -0.465 e. The molecular weight excluding hydrogens is 280 g/mol. The molecule has 0 aromatic heterocycles. The topological polar surface area (TPSA) is 66.9 Å². The number of hydrogen-bond acceptors (Lipinski definition) is 4. The van der Waals surface area contributed by atoms with Crippen molar-refractivity contribution in [1.29, 1.82) is 0 Å². The van der Waals surface area contributed by atoms with Gasteiger partial charge in [-0.15, -0.1) is 6.58 Å². The van der Waals surface area contributed by atoms with E-state index in [2.05, 4.69) is 13.5 Å². The minimum absolute atomic E-state index is 0.104. The third-order valence-corrected chi connectivity index (χ3v) is 5.29. The lowest BCUT2D eigenvalue weighted by molar-refractivity contribution is -0.143. The van der Waals surface area contributed by atoms with Crippen LogP contribution < -0.4 is 0 Å². The van der Waals surface area contributed by atoms with E-state index in [9.17, 15) is 13.2 Å². The Morgan fingerprint density at radius 2 is 2.05 bits per heavy atom. The fourth-order valence-electron chi connectivity index (χ4n) is 2.11. The molecule has 1 fully saturated rings. The summed E-state index contributed by atoms with van der Waals surface area (Å²) in [6.45, 7) is 8.43. The fourth-order valence-corrected chi connectivity index (χ4v) is 3.68. The Morgan fingerprint density at radius 3 is 2.55 bits per heavy atom. The largest absolute Gasteiger partial charge is 0.465 e. The first kappa shape index (κ1) is 17.1. The van der Waals surface area contributed by atoms with Crippen LogP contribution in [0.5, 0.6) is 0 Å². The highest BCUT2D eigenvalue weighted by molar-refractivity contribution is 7.86. The van der Waals surface area contributed by atoms with Crippen LogP contribution >= 0.6 is 0 Å². The predicted octanol–water partition coefficient (Wildman–Crippen LogP) is 1.01. The molecule has 1 rings (SSSR count). The quantitative estimate of drug-likeness (QED) is 0.520. The van der Waals surface area contributed by atoms with Crippen molar-refractivity contribution in [3.8, 4) is 0 Å². The molecule has 0 atom stereocenters. The molecule has 0 aliphatic carbocycles. The SMILES string of the molecule is C=CCN(CC(=O)OCC)S(=O)(=O)N1CCC(C)CC1. The van der Waals surface area contributed by atoms with E-state index in [4.69, 9.17) is 4.74 Å². The Bertz CT molecular complexity index is 428. The fraction of sp³-hybridized carbons (Fsp3) is 0.769. The second-order valence-corrected chi connectivity index (χ2v) is 6.90. The van der Waals surface area contributed by atoms with Crippen molar-refractivity contribution in [2.24, 2.45) is 5.92 Å². The van der Waals surface area contributed by atoms with Gasteiger partial charge in [-0.3, -0.25) is 4.79 Å². The smallest absolute Gasteiger partial charge is 0.321 e. The van der Waals surface area contributed by atoms with E-state index in [1.54, 1.807) is 6.92 Å². The van der Waals surface area contributed by atoms with Gasteiger partial charge in [0.15, 0.2) is 0 Å². The van der Waals surface area contributed by atoms with Crippen molar-refractivity contribution in [2.75, 3.05) is 32.8 Å². The Labute approximate surface area is 121 Å². The lowest BCUT2D eigenvalue weighted by Crippen LogP contribution is -2.48. The number of nitrogens with zero attached hydrogens (tertiary/aromatic N) is 2. The Morgan fingerprint density at radius 1 is 1.45 bits per heavy atom. The lowest BCUT2D eigenvalue weighted by Gasteiger charge is -2.33. The van der Waals surface area contributed by atoms with Crippen molar-refractivity contribution < 1.29 is 17.9 Å². The molecule has 1 aliphatic heterocycles. The number of hydrogen-bond donors (Lipinski definition) is 0. The molecule has 0 spiro atoms. The highest BCUT2D eigenvalue weighted by Crippen LogP contribution is 2.20. The maximum absolute atomic E-state index is 12.5. The average Bonchev–Trinajstić information content (AvgIpc) is 2.39. The molecule has 0 N–H and O–H groups in total. The summed E-state index contributed by atoms with van der Waals surface area (Å²) in [6, 6.07) is 0. The molecule has 1 saturated heterocycles. The molecule has 116 valence electrons. The summed E-state index contributed by atoms with van der Waals surface area (Å²) < 4.78 is 32.4. The summed E-state index contributed by atoms with van der Waals surface area (Å²) in [5, 5.41) is 0. The van der Waals surface area contributed by atoms with E-state index >= 15 is 0 Å². The maximum atomic E-state index is 12.5. The molecule has 0 aromatic carbocycles. The van der Waals surface area contributed by atoms with Crippen molar-refractivity contribution >= 4 is 16.2 Å². The van der Waals surface area contributed by atoms with Crippen LogP contribution in [0, 0.1) is 5.92 Å². The van der Waals surface area contributed by atoms with Crippen molar-refractivity contribution in [3.05, 3.63) is 12.7 Å². The van der Waals surface area contributed by atoms with Gasteiger partial charge in [-0.1, -0.05) is 13.0 Å². The zero-order chi connectivity index (χ0) is 15.2. The van der Waals surface area contributed by atoms with Crippen LogP contribution in [-0.4, -0.2) is 55.8 Å². The molecule has 0 aromatic rings. The van der Waals surface area contributed by atoms with Gasteiger partial charge in [0.2, 0.25) is 0 Å². The molecule has 20 heavy (non-hydrogen) atoms. The van der Waals surface area contributed by atoms with E-state index in [0.29, 0.717) is 19.0 Å². The summed E-state index contributed by atoms with van der Waals surface area (Å²) in [6.07, 6.45) is 3.17. The normalized spacial score (nSPS) is 18.1. The monoisotopic (exact) mass is 304 g/mol. The molecule has 0 bridgehead atoms. The van der Waals surface area contributed by atoms with Gasteiger partial charge in [-0.2, -0.15) is 17.0 Å². The van der Waals surface area contributed by atoms with Crippen LogP contribution in [0.25, 0.3) is 0 Å². The Hall–Kier alpha value is -0.920. The highest BCUT2D eigenvalue weighted by atomic mass is 32.2. The number of ether oxygens (including phenoxy) is 1. The highest BCUT2D eigenvalue weighted by Gasteiger charge is 2.32. The first-order valence-electron chi connectivity index (χ1n) is 6.93. The van der Waals surface area contributed by atoms with Gasteiger partial charge in [0, 0.05) is 19.6 Å². The van der Waals surface area contributed by atoms with Crippen molar-refractivity contribution in [2.45, 2.75) is 26.7 Å². The third kappa shape index (κ3) is 4.57. The van der Waals surface area contributed by atoms with E-state index in [0.717, 1.165) is 17.1 Å². The summed E-state index contributed by atoms with van der Waals surface area (Å²) in [5.74, 6) is 0.00247. The number of carbonyl (C=O) groups is 1. The van der Waals surface area contributed by atoms with Crippen LogP contribution in [0.2, 0.25) is 0 Å². The first-order valence-corrected chi connectivity index (χ1v) is 8.33. The lowest BCUT2D eigenvalue weighted by atomic mass is 10.0. The molecule has 0 saturated carbocycles. The summed E-state index contributed by atoms with van der Waals surface area (Å²) in [7, 11) is -3.63.